The molecule has 1 rings (SSSR count). The van der Waals surface area contributed by atoms with Crippen LogP contribution in [0.2, 0.25) is 0 Å². The molecule has 0 bridgehead atoms. The fourth-order valence-electron chi connectivity index (χ4n) is 1.79. The normalized spacial score (nSPS) is 12.4. The summed E-state index contributed by atoms with van der Waals surface area (Å²) in [6, 6.07) is 8.79. The summed E-state index contributed by atoms with van der Waals surface area (Å²) < 4.78 is 5.25. The lowest BCUT2D eigenvalue weighted by Gasteiger charge is -2.24. The van der Waals surface area contributed by atoms with E-state index in [1.807, 2.05) is 30.3 Å². The number of rotatable bonds is 5. The molecule has 6 heteroatoms. The second kappa shape index (κ2) is 7.79. The Bertz CT molecular complexity index is 497. The van der Waals surface area contributed by atoms with Crippen molar-refractivity contribution >= 4 is 12.0 Å². The lowest BCUT2D eigenvalue weighted by atomic mass is 10.0. The van der Waals surface area contributed by atoms with Gasteiger partial charge in [-0.2, -0.15) is 0 Å². The first kappa shape index (κ1) is 18.0. The third-order valence-corrected chi connectivity index (χ3v) is 2.90. The van der Waals surface area contributed by atoms with Gasteiger partial charge in [0.2, 0.25) is 5.91 Å². The minimum Gasteiger partial charge on any atom is -0.444 e. The first-order valence-electron chi connectivity index (χ1n) is 7.08. The number of benzene rings is 1. The van der Waals surface area contributed by atoms with E-state index in [1.54, 1.807) is 20.8 Å². The van der Waals surface area contributed by atoms with Gasteiger partial charge in [0.25, 0.3) is 0 Å². The maximum Gasteiger partial charge on any atom is 0.408 e. The summed E-state index contributed by atoms with van der Waals surface area (Å²) in [5.41, 5.74) is 0.227. The Labute approximate surface area is 131 Å². The lowest BCUT2D eigenvalue weighted by Crippen LogP contribution is -2.37. The van der Waals surface area contributed by atoms with Crippen LogP contribution in [0.4, 0.5) is 4.79 Å². The summed E-state index contributed by atoms with van der Waals surface area (Å²) in [4.78, 5) is 28.9. The number of amides is 2. The number of ether oxygens (including phenoxy) is 1. The Kier molecular flexibility index (Phi) is 6.37. The second-order valence-corrected chi connectivity index (χ2v) is 5.89. The molecular formula is C16H24N2O4. The van der Waals surface area contributed by atoms with E-state index in [2.05, 4.69) is 5.32 Å². The van der Waals surface area contributed by atoms with Crippen molar-refractivity contribution in [1.29, 1.82) is 0 Å². The lowest BCUT2D eigenvalue weighted by molar-refractivity contribution is -0.169. The molecule has 0 radical (unpaired) electrons. The summed E-state index contributed by atoms with van der Waals surface area (Å²) in [7, 11) is 2.94. The predicted molar refractivity (Wildman–Crippen MR) is 82.9 cm³/mol. The Balaban J connectivity index is 2.84. The topological polar surface area (TPSA) is 67.9 Å². The number of hydroxylamine groups is 2. The summed E-state index contributed by atoms with van der Waals surface area (Å²) in [6.45, 7) is 5.36. The van der Waals surface area contributed by atoms with Gasteiger partial charge in [-0.05, 0) is 26.3 Å². The molecule has 0 aliphatic heterocycles. The standard InChI is InChI=1S/C16H24N2O4/c1-16(2,3)22-15(20)17-13(11-14(19)18(4)21-5)12-9-7-6-8-10-12/h6-10,13H,11H2,1-5H3,(H,17,20). The minimum absolute atomic E-state index is 0.0770. The zero-order valence-electron chi connectivity index (χ0n) is 13.8. The highest BCUT2D eigenvalue weighted by molar-refractivity contribution is 5.77. The molecule has 0 saturated heterocycles. The molecule has 2 amide bonds. The predicted octanol–water partition coefficient (Wildman–Crippen LogP) is 2.66. The van der Waals surface area contributed by atoms with Crippen molar-refractivity contribution in [2.75, 3.05) is 14.2 Å². The van der Waals surface area contributed by atoms with Gasteiger partial charge in [0.15, 0.2) is 0 Å². The van der Waals surface area contributed by atoms with Gasteiger partial charge in [0.05, 0.1) is 19.6 Å². The summed E-state index contributed by atoms with van der Waals surface area (Å²) in [6.07, 6.45) is -0.484. The van der Waals surface area contributed by atoms with Crippen LogP contribution in [0, 0.1) is 0 Å². The Morgan fingerprint density at radius 3 is 2.32 bits per heavy atom. The zero-order valence-corrected chi connectivity index (χ0v) is 13.8. The van der Waals surface area contributed by atoms with E-state index in [-0.39, 0.29) is 12.3 Å². The van der Waals surface area contributed by atoms with Gasteiger partial charge in [-0.3, -0.25) is 9.63 Å². The Hall–Kier alpha value is -2.08. The number of hydrogen-bond acceptors (Lipinski definition) is 4. The molecule has 0 aromatic heterocycles. The van der Waals surface area contributed by atoms with E-state index < -0.39 is 17.7 Å². The monoisotopic (exact) mass is 308 g/mol. The molecule has 0 aliphatic carbocycles. The molecule has 0 aliphatic rings. The van der Waals surface area contributed by atoms with Crippen LogP contribution in [0.15, 0.2) is 30.3 Å². The number of nitrogens with zero attached hydrogens (tertiary/aromatic N) is 1. The quantitative estimate of drug-likeness (QED) is 0.849. The fourth-order valence-corrected chi connectivity index (χ4v) is 1.79. The van der Waals surface area contributed by atoms with Gasteiger partial charge >= 0.3 is 6.09 Å². The van der Waals surface area contributed by atoms with Crippen LogP contribution in [0.5, 0.6) is 0 Å². The average Bonchev–Trinajstić information content (AvgIpc) is 2.44. The highest BCUT2D eigenvalue weighted by Gasteiger charge is 2.23. The second-order valence-electron chi connectivity index (χ2n) is 5.89. The van der Waals surface area contributed by atoms with Gasteiger partial charge < -0.3 is 10.1 Å². The van der Waals surface area contributed by atoms with Crippen LogP contribution in [0.1, 0.15) is 38.8 Å². The van der Waals surface area contributed by atoms with Crippen molar-refractivity contribution in [3.05, 3.63) is 35.9 Å². The molecule has 22 heavy (non-hydrogen) atoms. The van der Waals surface area contributed by atoms with Crippen LogP contribution in [0.3, 0.4) is 0 Å². The number of carbonyl (C=O) groups excluding carboxylic acids is 2. The van der Waals surface area contributed by atoms with E-state index in [1.165, 1.54) is 14.2 Å². The molecule has 1 aromatic carbocycles. The molecule has 6 nitrogen and oxygen atoms in total. The van der Waals surface area contributed by atoms with E-state index in [0.29, 0.717) is 0 Å². The van der Waals surface area contributed by atoms with Crippen LogP contribution >= 0.6 is 0 Å². The van der Waals surface area contributed by atoms with Gasteiger partial charge in [-0.25, -0.2) is 9.86 Å². The van der Waals surface area contributed by atoms with Gasteiger partial charge in [-0.1, -0.05) is 30.3 Å². The van der Waals surface area contributed by atoms with Crippen LogP contribution < -0.4 is 5.32 Å². The van der Waals surface area contributed by atoms with Crippen molar-refractivity contribution in [2.45, 2.75) is 38.8 Å². The molecule has 0 saturated carbocycles. The number of nitrogens with one attached hydrogen (secondary N) is 1. The third kappa shape index (κ3) is 6.13. The summed E-state index contributed by atoms with van der Waals surface area (Å²) in [5.74, 6) is -0.243. The molecule has 1 N–H and O–H groups in total. The van der Waals surface area contributed by atoms with Crippen LogP contribution in [-0.2, 0) is 14.4 Å². The van der Waals surface area contributed by atoms with Crippen molar-refractivity contribution < 1.29 is 19.2 Å². The molecule has 0 spiro atoms. The van der Waals surface area contributed by atoms with Crippen molar-refractivity contribution in [1.82, 2.24) is 10.4 Å². The van der Waals surface area contributed by atoms with Gasteiger partial charge in [0.1, 0.15) is 5.60 Å². The first-order valence-corrected chi connectivity index (χ1v) is 7.08. The SMILES string of the molecule is CON(C)C(=O)CC(NC(=O)OC(C)(C)C)c1ccccc1. The van der Waals surface area contributed by atoms with Crippen LogP contribution in [0.25, 0.3) is 0 Å². The highest BCUT2D eigenvalue weighted by Crippen LogP contribution is 2.19. The molecule has 1 atom stereocenters. The van der Waals surface area contributed by atoms with Gasteiger partial charge in [-0.15, -0.1) is 0 Å². The van der Waals surface area contributed by atoms with Crippen LogP contribution in [-0.4, -0.2) is 36.8 Å². The molecule has 0 fully saturated rings. The van der Waals surface area contributed by atoms with E-state index in [4.69, 9.17) is 9.57 Å². The molecule has 122 valence electrons. The smallest absolute Gasteiger partial charge is 0.408 e. The highest BCUT2D eigenvalue weighted by atomic mass is 16.7. The molecule has 1 unspecified atom stereocenters. The number of hydrogen-bond donors (Lipinski definition) is 1. The molecule has 1 aromatic rings. The van der Waals surface area contributed by atoms with Crippen molar-refractivity contribution in [3.63, 3.8) is 0 Å². The van der Waals surface area contributed by atoms with E-state index in [0.717, 1.165) is 10.6 Å². The first-order chi connectivity index (χ1) is 10.2. The maximum absolute atomic E-state index is 12.0. The molecular weight excluding hydrogens is 284 g/mol. The largest absolute Gasteiger partial charge is 0.444 e. The van der Waals surface area contributed by atoms with Gasteiger partial charge in [0, 0.05) is 7.05 Å². The minimum atomic E-state index is -0.599. The maximum atomic E-state index is 12.0. The fraction of sp³-hybridized carbons (Fsp3) is 0.500. The average molecular weight is 308 g/mol. The molecule has 0 heterocycles. The number of alkyl carbamates (subject to hydrolysis) is 1. The Morgan fingerprint density at radius 1 is 1.23 bits per heavy atom. The van der Waals surface area contributed by atoms with Crippen molar-refractivity contribution in [3.8, 4) is 0 Å². The summed E-state index contributed by atoms with van der Waals surface area (Å²) >= 11 is 0. The number of carbonyl (C=O) groups is 2. The zero-order chi connectivity index (χ0) is 16.8. The van der Waals surface area contributed by atoms with E-state index >= 15 is 0 Å². The van der Waals surface area contributed by atoms with Crippen molar-refractivity contribution in [2.24, 2.45) is 0 Å². The van der Waals surface area contributed by atoms with E-state index in [9.17, 15) is 9.59 Å². The third-order valence-electron chi connectivity index (χ3n) is 2.90. The Morgan fingerprint density at radius 2 is 1.82 bits per heavy atom. The summed E-state index contributed by atoms with van der Waals surface area (Å²) in [5, 5.41) is 3.87.